The fourth-order valence-corrected chi connectivity index (χ4v) is 8.22. The molecule has 190 valence electrons. The Hall–Kier alpha value is -2.82. The van der Waals surface area contributed by atoms with Crippen LogP contribution < -0.4 is 21.1 Å². The number of benzene rings is 2. The molecular formula is C26H36IN5O3. The Morgan fingerprint density at radius 2 is 1.86 bits per heavy atom. The second kappa shape index (κ2) is 13.3. The zero-order chi connectivity index (χ0) is 25.2. The monoisotopic (exact) mass is 593 g/mol. The number of ether oxygens (including phenoxy) is 1. The van der Waals surface area contributed by atoms with Crippen molar-refractivity contribution in [1.82, 2.24) is 10.2 Å². The zero-order valence-electron chi connectivity index (χ0n) is 20.7. The predicted octanol–water partition coefficient (Wildman–Crippen LogP) is 4.59. The molecule has 0 spiro atoms. The number of alkyl halides is 2. The van der Waals surface area contributed by atoms with E-state index in [2.05, 4.69) is 15.6 Å². The second-order valence-electron chi connectivity index (χ2n) is 8.65. The number of methoxy groups -OCH3 is 1. The van der Waals surface area contributed by atoms with E-state index in [4.69, 9.17) is 13.7 Å². The molecule has 0 aromatic heterocycles. The van der Waals surface area contributed by atoms with Gasteiger partial charge < -0.3 is 0 Å². The van der Waals surface area contributed by atoms with Crippen molar-refractivity contribution in [2.75, 3.05) is 24.4 Å². The van der Waals surface area contributed by atoms with Crippen LogP contribution in [-0.2, 0) is 11.2 Å². The number of hydrogen-bond donors (Lipinski definition) is 3. The molecule has 9 heteroatoms. The number of guanidine groups is 1. The van der Waals surface area contributed by atoms with Crippen LogP contribution in [0.2, 0.25) is 0 Å². The van der Waals surface area contributed by atoms with Crippen molar-refractivity contribution < 1.29 is 14.3 Å². The molecule has 0 bridgehead atoms. The Morgan fingerprint density at radius 1 is 1.14 bits per heavy atom. The fourth-order valence-electron chi connectivity index (χ4n) is 4.03. The number of amides is 3. The number of nitrogens with zero attached hydrogens (tertiary/aromatic N) is 2. The average molecular weight is 594 g/mol. The van der Waals surface area contributed by atoms with Crippen molar-refractivity contribution in [2.24, 2.45) is 8.94 Å². The van der Waals surface area contributed by atoms with Crippen LogP contribution in [0.25, 0.3) is 0 Å². The number of hydrogen-bond acceptors (Lipinski definition) is 4. The van der Waals surface area contributed by atoms with Crippen LogP contribution in [0, 0.1) is 0 Å². The summed E-state index contributed by atoms with van der Waals surface area (Å²) in [6, 6.07) is 17.1. The van der Waals surface area contributed by atoms with Gasteiger partial charge in [0.25, 0.3) is 0 Å². The van der Waals surface area contributed by atoms with Crippen LogP contribution in [0.3, 0.4) is 0 Å². The van der Waals surface area contributed by atoms with Gasteiger partial charge in [0, 0.05) is 0 Å². The normalized spacial score (nSPS) is 18.4. The van der Waals surface area contributed by atoms with Crippen LogP contribution in [0.15, 0.2) is 57.8 Å². The van der Waals surface area contributed by atoms with Gasteiger partial charge in [-0.3, -0.25) is 0 Å². The third-order valence-electron chi connectivity index (χ3n) is 6.15. The summed E-state index contributed by atoms with van der Waals surface area (Å²) in [5.41, 5.74) is 8.07. The number of carbonyl (C=O) groups is 2. The second-order valence-corrected chi connectivity index (χ2v) is 13.7. The van der Waals surface area contributed by atoms with Crippen molar-refractivity contribution in [1.29, 1.82) is 0 Å². The van der Waals surface area contributed by atoms with Gasteiger partial charge >= 0.3 is 216 Å². The van der Waals surface area contributed by atoms with E-state index in [0.29, 0.717) is 22.7 Å². The predicted molar refractivity (Wildman–Crippen MR) is 150 cm³/mol. The molecule has 1 fully saturated rings. The molecular weight excluding hydrogens is 557 g/mol. The van der Waals surface area contributed by atoms with Crippen LogP contribution in [-0.4, -0.2) is 51.9 Å². The van der Waals surface area contributed by atoms with Crippen molar-refractivity contribution in [3.05, 3.63) is 60.2 Å². The van der Waals surface area contributed by atoms with Crippen molar-refractivity contribution in [3.63, 3.8) is 0 Å². The summed E-state index contributed by atoms with van der Waals surface area (Å²) in [7, 11) is 3.31. The maximum atomic E-state index is 12.6. The van der Waals surface area contributed by atoms with Crippen LogP contribution in [0.1, 0.15) is 37.7 Å². The van der Waals surface area contributed by atoms with Gasteiger partial charge in [0.05, 0.1) is 0 Å². The van der Waals surface area contributed by atoms with E-state index < -0.39 is 20.1 Å². The number of rotatable bonds is 8. The standard InChI is InChI=1S/C26H36IN5O3/c1-27(31-25(28)32(2)24(33)17-12-19-8-5-4-6-9-19)20-10-7-11-22(18-20)30-26(34)29-21-13-15-23(35-3)16-14-21/h4-6,8-9,13-16,20,22H,7,10-12,17-18H2,1-3H3,(H2,28,31)(H2,29,30,34)/t20-,22+/m0/s1. The number of nitrogens with two attached hydrogens (primary N) is 1. The summed E-state index contributed by atoms with van der Waals surface area (Å²) in [5.74, 6) is 1.02. The fraction of sp³-hybridized carbons (Fsp3) is 0.423. The Morgan fingerprint density at radius 3 is 2.54 bits per heavy atom. The third kappa shape index (κ3) is 8.41. The first kappa shape index (κ1) is 26.8. The van der Waals surface area contributed by atoms with E-state index in [9.17, 15) is 9.59 Å². The molecule has 4 N–H and O–H groups in total. The molecule has 0 radical (unpaired) electrons. The summed E-state index contributed by atoms with van der Waals surface area (Å²) in [4.78, 5) is 28.7. The summed E-state index contributed by atoms with van der Waals surface area (Å²) < 4.78 is 10.4. The minimum absolute atomic E-state index is 0.0298. The maximum absolute atomic E-state index is 12.6. The summed E-state index contributed by atoms with van der Waals surface area (Å²) in [5, 5.41) is 5.99. The van der Waals surface area contributed by atoms with Crippen LogP contribution >= 0.6 is 20.1 Å². The molecule has 2 atom stereocenters. The van der Waals surface area contributed by atoms with E-state index in [-0.39, 0.29) is 18.0 Å². The molecule has 1 saturated carbocycles. The van der Waals surface area contributed by atoms with Crippen LogP contribution in [0.5, 0.6) is 5.75 Å². The van der Waals surface area contributed by atoms with Gasteiger partial charge in [-0.25, -0.2) is 0 Å². The number of halogens is 1. The number of urea groups is 1. The molecule has 0 unspecified atom stereocenters. The molecule has 35 heavy (non-hydrogen) atoms. The number of aryl methyl sites for hydroxylation is 1. The van der Waals surface area contributed by atoms with E-state index in [1.54, 1.807) is 14.2 Å². The van der Waals surface area contributed by atoms with Crippen molar-refractivity contribution in [3.8, 4) is 5.75 Å². The Labute approximate surface area is 215 Å². The number of anilines is 1. The average Bonchev–Trinajstić information content (AvgIpc) is 2.87. The zero-order valence-corrected chi connectivity index (χ0v) is 22.8. The Kier molecular flexibility index (Phi) is 10.2. The molecule has 2 aromatic rings. The van der Waals surface area contributed by atoms with Crippen molar-refractivity contribution >= 4 is 43.7 Å². The van der Waals surface area contributed by atoms with E-state index in [1.165, 1.54) is 4.90 Å². The number of carbonyl (C=O) groups excluding carboxylic acids is 2. The first-order chi connectivity index (χ1) is 16.9. The van der Waals surface area contributed by atoms with Gasteiger partial charge in [-0.2, -0.15) is 0 Å². The third-order valence-corrected chi connectivity index (χ3v) is 11.1. The minimum atomic E-state index is -1.79. The summed E-state index contributed by atoms with van der Waals surface area (Å²) >= 11 is -1.79. The van der Waals surface area contributed by atoms with E-state index in [0.717, 1.165) is 42.7 Å². The van der Waals surface area contributed by atoms with E-state index in [1.807, 2.05) is 54.6 Å². The Balaban J connectivity index is 1.48. The molecule has 0 saturated heterocycles. The van der Waals surface area contributed by atoms with Gasteiger partial charge in [-0.15, -0.1) is 0 Å². The van der Waals surface area contributed by atoms with Crippen molar-refractivity contribution in [2.45, 2.75) is 48.5 Å². The number of nitrogens with one attached hydrogen (secondary N) is 2. The van der Waals surface area contributed by atoms with E-state index >= 15 is 0 Å². The summed E-state index contributed by atoms with van der Waals surface area (Å²) in [6.45, 7) is 0. The van der Waals surface area contributed by atoms with Gasteiger partial charge in [-0.05, 0) is 0 Å². The van der Waals surface area contributed by atoms with Gasteiger partial charge in [0.1, 0.15) is 0 Å². The molecule has 3 rings (SSSR count). The molecule has 8 nitrogen and oxygen atoms in total. The van der Waals surface area contributed by atoms with Crippen LogP contribution in [0.4, 0.5) is 10.5 Å². The summed E-state index contributed by atoms with van der Waals surface area (Å²) in [6.07, 6.45) is 5.05. The molecule has 1 aliphatic rings. The van der Waals surface area contributed by atoms with Gasteiger partial charge in [-0.1, -0.05) is 0 Å². The Bertz CT molecular complexity index is 1000. The van der Waals surface area contributed by atoms with Gasteiger partial charge in [0.2, 0.25) is 0 Å². The molecule has 3 amide bonds. The van der Waals surface area contributed by atoms with Gasteiger partial charge in [0.15, 0.2) is 0 Å². The SMILES string of the molecule is COc1ccc(NC(=O)N[C@@H]2CCC[C@H](I(C)/N=C(/N)N(C)C(=O)CCc3ccccc3)C2)cc1. The first-order valence-electron chi connectivity index (χ1n) is 11.8. The topological polar surface area (TPSA) is 109 Å². The quantitative estimate of drug-likeness (QED) is 0.180. The molecule has 1 aliphatic carbocycles. The first-order valence-corrected chi connectivity index (χ1v) is 16.2. The molecule has 2 aromatic carbocycles. The molecule has 0 aliphatic heterocycles. The molecule has 0 heterocycles.